The maximum atomic E-state index is 12.1. The van der Waals surface area contributed by atoms with Crippen molar-refractivity contribution in [2.24, 2.45) is 0 Å². The van der Waals surface area contributed by atoms with Gasteiger partial charge in [0.1, 0.15) is 5.75 Å². The fourth-order valence-electron chi connectivity index (χ4n) is 2.27. The van der Waals surface area contributed by atoms with Crippen LogP contribution < -0.4 is 15.4 Å². The van der Waals surface area contributed by atoms with Crippen LogP contribution in [0.5, 0.6) is 5.75 Å². The molecule has 0 aliphatic heterocycles. The molecule has 0 saturated heterocycles. The molecule has 0 saturated carbocycles. The maximum absolute atomic E-state index is 12.1. The quantitative estimate of drug-likeness (QED) is 0.504. The van der Waals surface area contributed by atoms with Gasteiger partial charge in [0.25, 0.3) is 5.69 Å². The first kappa shape index (κ1) is 17.9. The summed E-state index contributed by atoms with van der Waals surface area (Å²) in [5.74, 6) is -1.63. The highest BCUT2D eigenvalue weighted by atomic mass is 16.6. The number of hydrogen-bond acceptors (Lipinski definition) is 5. The van der Waals surface area contributed by atoms with Crippen molar-refractivity contribution >= 4 is 28.9 Å². The van der Waals surface area contributed by atoms with E-state index in [0.717, 1.165) is 17.2 Å². The Balaban J connectivity index is 2.20. The van der Waals surface area contributed by atoms with Crippen LogP contribution in [0.25, 0.3) is 0 Å². The zero-order valence-corrected chi connectivity index (χ0v) is 14.0. The minimum atomic E-state index is -0.957. The molecule has 8 nitrogen and oxygen atoms in total. The van der Waals surface area contributed by atoms with E-state index < -0.39 is 16.7 Å². The van der Waals surface area contributed by atoms with E-state index in [4.69, 9.17) is 4.74 Å². The van der Waals surface area contributed by atoms with E-state index in [1.165, 1.54) is 19.2 Å². The third kappa shape index (κ3) is 4.11. The molecule has 0 heterocycles. The number of anilines is 2. The number of hydrogen-bond donors (Lipinski definition) is 2. The minimum absolute atomic E-state index is 0.0401. The number of carbonyl (C=O) groups is 2. The highest BCUT2D eigenvalue weighted by Gasteiger charge is 2.19. The molecule has 0 aromatic heterocycles. The van der Waals surface area contributed by atoms with Crippen molar-refractivity contribution in [2.75, 3.05) is 17.7 Å². The van der Waals surface area contributed by atoms with Gasteiger partial charge in [-0.25, -0.2) is 0 Å². The van der Waals surface area contributed by atoms with Gasteiger partial charge in [0.15, 0.2) is 0 Å². The Bertz CT molecular complexity index is 828. The number of carbonyl (C=O) groups excluding carboxylic acids is 2. The molecule has 0 unspecified atom stereocenters. The van der Waals surface area contributed by atoms with E-state index in [1.807, 2.05) is 32.0 Å². The van der Waals surface area contributed by atoms with Gasteiger partial charge >= 0.3 is 11.8 Å². The molecule has 2 aromatic rings. The zero-order valence-electron chi connectivity index (χ0n) is 14.0. The van der Waals surface area contributed by atoms with Gasteiger partial charge in [0.2, 0.25) is 0 Å². The van der Waals surface area contributed by atoms with Crippen LogP contribution in [-0.4, -0.2) is 23.8 Å². The fourth-order valence-corrected chi connectivity index (χ4v) is 2.27. The smallest absolute Gasteiger partial charge is 0.314 e. The van der Waals surface area contributed by atoms with Crippen molar-refractivity contribution in [3.63, 3.8) is 0 Å². The molecule has 0 atom stereocenters. The first-order valence-electron chi connectivity index (χ1n) is 7.34. The van der Waals surface area contributed by atoms with Crippen molar-refractivity contribution < 1.29 is 19.2 Å². The van der Waals surface area contributed by atoms with Gasteiger partial charge in [-0.05, 0) is 31.0 Å². The van der Waals surface area contributed by atoms with Gasteiger partial charge in [-0.2, -0.15) is 0 Å². The number of nitro groups is 1. The molecule has 0 fully saturated rings. The first-order valence-corrected chi connectivity index (χ1v) is 7.34. The van der Waals surface area contributed by atoms with Crippen molar-refractivity contribution in [3.05, 3.63) is 57.6 Å². The average molecular weight is 343 g/mol. The van der Waals surface area contributed by atoms with Gasteiger partial charge in [-0.3, -0.25) is 19.7 Å². The molecule has 0 radical (unpaired) electrons. The van der Waals surface area contributed by atoms with Crippen LogP contribution in [0, 0.1) is 24.0 Å². The van der Waals surface area contributed by atoms with Crippen LogP contribution >= 0.6 is 0 Å². The summed E-state index contributed by atoms with van der Waals surface area (Å²) in [5.41, 5.74) is 1.99. The lowest BCUT2D eigenvalue weighted by atomic mass is 10.1. The number of non-ortho nitro benzene ring substituents is 1. The van der Waals surface area contributed by atoms with Gasteiger partial charge < -0.3 is 15.4 Å². The minimum Gasteiger partial charge on any atom is -0.495 e. The van der Waals surface area contributed by atoms with Crippen molar-refractivity contribution in [1.29, 1.82) is 0 Å². The van der Waals surface area contributed by atoms with Crippen LogP contribution in [-0.2, 0) is 9.59 Å². The Labute approximate surface area is 144 Å². The van der Waals surface area contributed by atoms with E-state index in [9.17, 15) is 19.7 Å². The number of amides is 2. The third-order valence-electron chi connectivity index (χ3n) is 3.57. The Hall–Kier alpha value is -3.42. The van der Waals surface area contributed by atoms with Gasteiger partial charge in [-0.1, -0.05) is 18.2 Å². The number of para-hydroxylation sites is 1. The Morgan fingerprint density at radius 1 is 1.04 bits per heavy atom. The van der Waals surface area contributed by atoms with E-state index >= 15 is 0 Å². The summed E-state index contributed by atoms with van der Waals surface area (Å²) in [6.07, 6.45) is 0. The Morgan fingerprint density at radius 3 is 2.20 bits per heavy atom. The van der Waals surface area contributed by atoms with Crippen LogP contribution in [0.4, 0.5) is 17.1 Å². The molecule has 0 aliphatic rings. The summed E-state index contributed by atoms with van der Waals surface area (Å²) in [6.45, 7) is 3.62. The predicted molar refractivity (Wildman–Crippen MR) is 92.8 cm³/mol. The monoisotopic (exact) mass is 343 g/mol. The SMILES string of the molecule is COc1ccc([N+](=O)[O-])cc1NC(=O)C(=O)Nc1c(C)cccc1C. The summed E-state index contributed by atoms with van der Waals surface area (Å²) in [4.78, 5) is 34.5. The van der Waals surface area contributed by atoms with Crippen LogP contribution in [0.1, 0.15) is 11.1 Å². The highest BCUT2D eigenvalue weighted by Crippen LogP contribution is 2.29. The second-order valence-corrected chi connectivity index (χ2v) is 5.32. The normalized spacial score (nSPS) is 10.0. The molecule has 2 rings (SSSR count). The number of nitro benzene ring substituents is 1. The number of nitrogens with one attached hydrogen (secondary N) is 2. The predicted octanol–water partition coefficient (Wildman–Crippen LogP) is 2.80. The number of ether oxygens (including phenoxy) is 1. The summed E-state index contributed by atoms with van der Waals surface area (Å²) in [5, 5.41) is 15.7. The number of aryl methyl sites for hydroxylation is 2. The molecule has 0 aliphatic carbocycles. The van der Waals surface area contributed by atoms with Gasteiger partial charge in [0.05, 0.1) is 17.7 Å². The highest BCUT2D eigenvalue weighted by molar-refractivity contribution is 6.44. The van der Waals surface area contributed by atoms with E-state index in [0.29, 0.717) is 5.69 Å². The number of benzene rings is 2. The van der Waals surface area contributed by atoms with Gasteiger partial charge in [0, 0.05) is 17.8 Å². The second kappa shape index (κ2) is 7.43. The molecule has 0 spiro atoms. The van der Waals surface area contributed by atoms with E-state index in [1.54, 1.807) is 0 Å². The molecule has 0 bridgehead atoms. The number of nitrogens with zero attached hydrogens (tertiary/aromatic N) is 1. The van der Waals surface area contributed by atoms with Crippen LogP contribution in [0.3, 0.4) is 0 Å². The van der Waals surface area contributed by atoms with Crippen molar-refractivity contribution in [2.45, 2.75) is 13.8 Å². The molecule has 2 amide bonds. The van der Waals surface area contributed by atoms with E-state index in [2.05, 4.69) is 10.6 Å². The maximum Gasteiger partial charge on any atom is 0.314 e. The second-order valence-electron chi connectivity index (χ2n) is 5.32. The molecule has 130 valence electrons. The summed E-state index contributed by atoms with van der Waals surface area (Å²) in [6, 6.07) is 9.17. The summed E-state index contributed by atoms with van der Waals surface area (Å²) < 4.78 is 5.05. The molecular formula is C17H17N3O5. The average Bonchev–Trinajstić information content (AvgIpc) is 2.57. The zero-order chi connectivity index (χ0) is 18.6. The van der Waals surface area contributed by atoms with Crippen LogP contribution in [0.2, 0.25) is 0 Å². The number of rotatable bonds is 4. The van der Waals surface area contributed by atoms with Crippen LogP contribution in [0.15, 0.2) is 36.4 Å². The third-order valence-corrected chi connectivity index (χ3v) is 3.57. The number of methoxy groups -OCH3 is 1. The topological polar surface area (TPSA) is 111 Å². The largest absolute Gasteiger partial charge is 0.495 e. The van der Waals surface area contributed by atoms with Crippen molar-refractivity contribution in [3.8, 4) is 5.75 Å². The Kier molecular flexibility index (Phi) is 5.33. The standard InChI is InChI=1S/C17H17N3O5/c1-10-5-4-6-11(2)15(10)19-17(22)16(21)18-13-9-12(20(23)24)7-8-14(13)25-3/h4-9H,1-3H3,(H,18,21)(H,19,22). The Morgan fingerprint density at radius 2 is 1.64 bits per heavy atom. The molecule has 2 aromatic carbocycles. The molecule has 2 N–H and O–H groups in total. The first-order chi connectivity index (χ1) is 11.8. The molecule has 25 heavy (non-hydrogen) atoms. The van der Waals surface area contributed by atoms with E-state index in [-0.39, 0.29) is 17.1 Å². The lowest BCUT2D eigenvalue weighted by Gasteiger charge is -2.12. The summed E-state index contributed by atoms with van der Waals surface area (Å²) >= 11 is 0. The summed E-state index contributed by atoms with van der Waals surface area (Å²) in [7, 11) is 1.35. The van der Waals surface area contributed by atoms with Gasteiger partial charge in [-0.15, -0.1) is 0 Å². The molecular weight excluding hydrogens is 326 g/mol. The van der Waals surface area contributed by atoms with Crippen molar-refractivity contribution in [1.82, 2.24) is 0 Å². The lowest BCUT2D eigenvalue weighted by Crippen LogP contribution is -2.29. The lowest BCUT2D eigenvalue weighted by molar-refractivity contribution is -0.384. The fraction of sp³-hybridized carbons (Fsp3) is 0.176. The molecule has 8 heteroatoms.